The van der Waals surface area contributed by atoms with Crippen molar-refractivity contribution < 1.29 is 17.9 Å². The highest BCUT2D eigenvalue weighted by Crippen LogP contribution is 2.26. The molecule has 0 aliphatic carbocycles. The average Bonchev–Trinajstić information content (AvgIpc) is 2.78. The van der Waals surface area contributed by atoms with Gasteiger partial charge in [0, 0.05) is 5.02 Å². The summed E-state index contributed by atoms with van der Waals surface area (Å²) in [6.45, 7) is 1.44. The molecule has 0 heterocycles. The number of nitrogens with zero attached hydrogens (tertiary/aromatic N) is 1. The molecule has 0 radical (unpaired) electrons. The van der Waals surface area contributed by atoms with E-state index < -0.39 is 22.5 Å². The molecule has 1 atom stereocenters. The molecule has 3 aromatic rings. The van der Waals surface area contributed by atoms with Crippen molar-refractivity contribution in [2.45, 2.75) is 17.9 Å². The number of ether oxygens (including phenoxy) is 1. The standard InChI is InChI=1S/C23H23ClN2O4S/c1-17(18-11-13-21(30-2)14-12-18)25-23(27)16-26(20-8-6-7-19(24)15-20)31(28,29)22-9-4-3-5-10-22/h3-15,17H,16H2,1-2H3,(H,25,27)/t17-/m0/s1. The van der Waals surface area contributed by atoms with Crippen molar-refractivity contribution in [3.8, 4) is 5.75 Å². The smallest absolute Gasteiger partial charge is 0.264 e. The summed E-state index contributed by atoms with van der Waals surface area (Å²) in [4.78, 5) is 12.9. The summed E-state index contributed by atoms with van der Waals surface area (Å²) in [7, 11) is -2.40. The molecule has 1 N–H and O–H groups in total. The molecule has 162 valence electrons. The van der Waals surface area contributed by atoms with Gasteiger partial charge in [-0.1, -0.05) is 48.0 Å². The van der Waals surface area contributed by atoms with Crippen LogP contribution in [0, 0.1) is 0 Å². The van der Waals surface area contributed by atoms with E-state index in [2.05, 4.69) is 5.32 Å². The maximum Gasteiger partial charge on any atom is 0.264 e. The molecule has 31 heavy (non-hydrogen) atoms. The third-order valence-electron chi connectivity index (χ3n) is 4.71. The number of rotatable bonds is 8. The lowest BCUT2D eigenvalue weighted by Crippen LogP contribution is -2.41. The second-order valence-corrected chi connectivity index (χ2v) is 9.17. The van der Waals surface area contributed by atoms with Crippen molar-refractivity contribution in [3.63, 3.8) is 0 Å². The molecule has 0 aromatic heterocycles. The lowest BCUT2D eigenvalue weighted by atomic mass is 10.1. The topological polar surface area (TPSA) is 75.7 Å². The summed E-state index contributed by atoms with van der Waals surface area (Å²) in [6, 6.07) is 21.4. The van der Waals surface area contributed by atoms with Gasteiger partial charge in [-0.3, -0.25) is 9.10 Å². The van der Waals surface area contributed by atoms with Crippen LogP contribution in [0.3, 0.4) is 0 Å². The average molecular weight is 459 g/mol. The Bertz CT molecular complexity index is 1140. The van der Waals surface area contributed by atoms with E-state index in [9.17, 15) is 13.2 Å². The SMILES string of the molecule is COc1ccc([C@H](C)NC(=O)CN(c2cccc(Cl)c2)S(=O)(=O)c2ccccc2)cc1. The van der Waals surface area contributed by atoms with Crippen LogP contribution in [0.15, 0.2) is 83.8 Å². The molecule has 1 amide bonds. The third kappa shape index (κ3) is 5.57. The van der Waals surface area contributed by atoms with Gasteiger partial charge < -0.3 is 10.1 Å². The molecule has 0 saturated heterocycles. The van der Waals surface area contributed by atoms with E-state index in [1.165, 1.54) is 18.2 Å². The zero-order valence-electron chi connectivity index (χ0n) is 17.2. The first-order valence-electron chi connectivity index (χ1n) is 9.58. The Morgan fingerprint density at radius 1 is 1.03 bits per heavy atom. The zero-order chi connectivity index (χ0) is 22.4. The van der Waals surface area contributed by atoms with Crippen molar-refractivity contribution in [1.82, 2.24) is 5.32 Å². The second kappa shape index (κ2) is 9.85. The summed E-state index contributed by atoms with van der Waals surface area (Å²) in [5.74, 6) is 0.270. The minimum atomic E-state index is -3.98. The van der Waals surface area contributed by atoms with Crippen molar-refractivity contribution in [2.24, 2.45) is 0 Å². The number of anilines is 1. The number of carbonyl (C=O) groups is 1. The normalized spacial score (nSPS) is 12.1. The van der Waals surface area contributed by atoms with Crippen LogP contribution in [0.1, 0.15) is 18.5 Å². The monoisotopic (exact) mass is 458 g/mol. The first kappa shape index (κ1) is 22.7. The van der Waals surface area contributed by atoms with E-state index in [-0.39, 0.29) is 10.9 Å². The molecular weight excluding hydrogens is 436 g/mol. The van der Waals surface area contributed by atoms with E-state index in [1.54, 1.807) is 55.6 Å². The number of halogens is 1. The molecule has 3 aromatic carbocycles. The van der Waals surface area contributed by atoms with Crippen LogP contribution < -0.4 is 14.4 Å². The van der Waals surface area contributed by atoms with Gasteiger partial charge in [0.2, 0.25) is 5.91 Å². The van der Waals surface area contributed by atoms with Crippen LogP contribution in [0.4, 0.5) is 5.69 Å². The van der Waals surface area contributed by atoms with E-state index >= 15 is 0 Å². The molecule has 0 saturated carbocycles. The van der Waals surface area contributed by atoms with Gasteiger partial charge in [-0.25, -0.2) is 8.42 Å². The van der Waals surface area contributed by atoms with Gasteiger partial charge in [-0.15, -0.1) is 0 Å². The number of benzene rings is 3. The Balaban J connectivity index is 1.85. The maximum atomic E-state index is 13.3. The van der Waals surface area contributed by atoms with Crippen LogP contribution in [-0.4, -0.2) is 28.0 Å². The highest BCUT2D eigenvalue weighted by Gasteiger charge is 2.27. The molecule has 3 rings (SSSR count). The molecule has 0 spiro atoms. The van der Waals surface area contributed by atoms with Crippen LogP contribution in [-0.2, 0) is 14.8 Å². The van der Waals surface area contributed by atoms with Crippen molar-refractivity contribution >= 4 is 33.2 Å². The quantitative estimate of drug-likeness (QED) is 0.542. The summed E-state index contributed by atoms with van der Waals surface area (Å²) in [6.07, 6.45) is 0. The fraction of sp³-hybridized carbons (Fsp3) is 0.174. The number of methoxy groups -OCH3 is 1. The second-order valence-electron chi connectivity index (χ2n) is 6.87. The highest BCUT2D eigenvalue weighted by molar-refractivity contribution is 7.92. The van der Waals surface area contributed by atoms with Gasteiger partial charge in [-0.05, 0) is 55.0 Å². The Morgan fingerprint density at radius 2 is 1.71 bits per heavy atom. The van der Waals surface area contributed by atoms with Gasteiger partial charge in [0.05, 0.1) is 23.7 Å². The maximum absolute atomic E-state index is 13.3. The van der Waals surface area contributed by atoms with Crippen LogP contribution in [0.25, 0.3) is 0 Å². The summed E-state index contributed by atoms with van der Waals surface area (Å²) < 4.78 is 32.8. The van der Waals surface area contributed by atoms with Crippen LogP contribution in [0.2, 0.25) is 5.02 Å². The van der Waals surface area contributed by atoms with Crippen molar-refractivity contribution in [3.05, 3.63) is 89.4 Å². The summed E-state index contributed by atoms with van der Waals surface area (Å²) >= 11 is 6.08. The number of nitrogens with one attached hydrogen (secondary N) is 1. The predicted octanol–water partition coefficient (Wildman–Crippen LogP) is 4.42. The number of carbonyl (C=O) groups excluding carboxylic acids is 1. The van der Waals surface area contributed by atoms with Gasteiger partial charge in [0.1, 0.15) is 12.3 Å². The number of hydrogen-bond donors (Lipinski definition) is 1. The minimum Gasteiger partial charge on any atom is -0.497 e. The lowest BCUT2D eigenvalue weighted by Gasteiger charge is -2.25. The van der Waals surface area contributed by atoms with Crippen LogP contribution in [0.5, 0.6) is 5.75 Å². The Labute approximate surface area is 187 Å². The first-order chi connectivity index (χ1) is 14.8. The Morgan fingerprint density at radius 3 is 2.32 bits per heavy atom. The van der Waals surface area contributed by atoms with Gasteiger partial charge >= 0.3 is 0 Å². The first-order valence-corrected chi connectivity index (χ1v) is 11.4. The number of amides is 1. The van der Waals surface area contributed by atoms with Crippen LogP contribution >= 0.6 is 11.6 Å². The van der Waals surface area contributed by atoms with Gasteiger partial charge in [-0.2, -0.15) is 0 Å². The fourth-order valence-corrected chi connectivity index (χ4v) is 4.68. The van der Waals surface area contributed by atoms with E-state index in [0.717, 1.165) is 9.87 Å². The minimum absolute atomic E-state index is 0.0889. The zero-order valence-corrected chi connectivity index (χ0v) is 18.7. The summed E-state index contributed by atoms with van der Waals surface area (Å²) in [5.41, 5.74) is 1.18. The summed E-state index contributed by atoms with van der Waals surface area (Å²) in [5, 5.41) is 3.23. The van der Waals surface area contributed by atoms with Crippen molar-refractivity contribution in [2.75, 3.05) is 18.0 Å². The molecule has 0 aliphatic rings. The molecular formula is C23H23ClN2O4S. The lowest BCUT2D eigenvalue weighted by molar-refractivity contribution is -0.120. The number of hydrogen-bond acceptors (Lipinski definition) is 4. The predicted molar refractivity (Wildman–Crippen MR) is 122 cm³/mol. The fourth-order valence-electron chi connectivity index (χ4n) is 3.06. The van der Waals surface area contributed by atoms with Gasteiger partial charge in [0.25, 0.3) is 10.0 Å². The largest absolute Gasteiger partial charge is 0.497 e. The molecule has 0 unspecified atom stereocenters. The number of sulfonamides is 1. The molecule has 8 heteroatoms. The van der Waals surface area contributed by atoms with E-state index in [0.29, 0.717) is 16.5 Å². The molecule has 0 bridgehead atoms. The Hall–Kier alpha value is -3.03. The van der Waals surface area contributed by atoms with Gasteiger partial charge in [0.15, 0.2) is 0 Å². The van der Waals surface area contributed by atoms with E-state index in [4.69, 9.17) is 16.3 Å². The molecule has 6 nitrogen and oxygen atoms in total. The Kier molecular flexibility index (Phi) is 7.20. The highest BCUT2D eigenvalue weighted by atomic mass is 35.5. The van der Waals surface area contributed by atoms with E-state index in [1.807, 2.05) is 19.1 Å². The molecule has 0 fully saturated rings. The molecule has 0 aliphatic heterocycles. The van der Waals surface area contributed by atoms with Crippen molar-refractivity contribution in [1.29, 1.82) is 0 Å². The third-order valence-corrected chi connectivity index (χ3v) is 6.73.